The number of carbonyl (C=O) groups is 2. The fraction of sp³-hybridized carbons (Fsp3) is 0.176. The first-order valence-corrected chi connectivity index (χ1v) is 6.96. The van der Waals surface area contributed by atoms with Gasteiger partial charge in [-0.1, -0.05) is 12.1 Å². The molecule has 6 heteroatoms. The largest absolute Gasteiger partial charge is 0.452 e. The maximum absolute atomic E-state index is 12.9. The molecule has 2 aromatic carbocycles. The number of carbonyl (C=O) groups excluding carboxylic acids is 2. The SMILES string of the molecule is Cc1cccc(NC(=O)COC(=O)c2ccc(F)cc2N)c1C. The predicted octanol–water partition coefficient (Wildman–Crippen LogP) is 2.82. The Kier molecular flexibility index (Phi) is 4.95. The zero-order chi connectivity index (χ0) is 17.0. The Hall–Kier alpha value is -2.89. The fourth-order valence-corrected chi connectivity index (χ4v) is 2.00. The lowest BCUT2D eigenvalue weighted by molar-refractivity contribution is -0.119. The molecule has 5 nitrogen and oxygen atoms in total. The van der Waals surface area contributed by atoms with Crippen molar-refractivity contribution in [2.75, 3.05) is 17.7 Å². The summed E-state index contributed by atoms with van der Waals surface area (Å²) in [5.74, 6) is -1.79. The van der Waals surface area contributed by atoms with Gasteiger partial charge in [-0.15, -0.1) is 0 Å². The Morgan fingerprint density at radius 2 is 1.96 bits per heavy atom. The molecule has 0 heterocycles. The molecule has 0 aliphatic rings. The smallest absolute Gasteiger partial charge is 0.340 e. The van der Waals surface area contributed by atoms with Crippen molar-refractivity contribution in [1.29, 1.82) is 0 Å². The molecule has 0 fully saturated rings. The van der Waals surface area contributed by atoms with Gasteiger partial charge in [0, 0.05) is 11.4 Å². The molecule has 1 amide bonds. The van der Waals surface area contributed by atoms with Crippen LogP contribution in [0.5, 0.6) is 0 Å². The van der Waals surface area contributed by atoms with E-state index in [0.29, 0.717) is 5.69 Å². The molecular formula is C17H17FN2O3. The molecule has 0 bridgehead atoms. The maximum Gasteiger partial charge on any atom is 0.340 e. The molecule has 2 aromatic rings. The number of nitrogens with two attached hydrogens (primary N) is 1. The summed E-state index contributed by atoms with van der Waals surface area (Å²) in [6.45, 7) is 3.36. The van der Waals surface area contributed by atoms with E-state index in [0.717, 1.165) is 23.3 Å². The summed E-state index contributed by atoms with van der Waals surface area (Å²) < 4.78 is 17.8. The van der Waals surface area contributed by atoms with E-state index in [1.54, 1.807) is 6.07 Å². The summed E-state index contributed by atoms with van der Waals surface area (Å²) in [6.07, 6.45) is 0. The first-order chi connectivity index (χ1) is 10.9. The summed E-state index contributed by atoms with van der Waals surface area (Å²) >= 11 is 0. The Labute approximate surface area is 133 Å². The molecule has 0 atom stereocenters. The number of halogens is 1. The second-order valence-corrected chi connectivity index (χ2v) is 5.10. The van der Waals surface area contributed by atoms with Gasteiger partial charge in [-0.25, -0.2) is 9.18 Å². The lowest BCUT2D eigenvalue weighted by atomic mass is 10.1. The number of ether oxygens (including phenoxy) is 1. The highest BCUT2D eigenvalue weighted by Crippen LogP contribution is 2.18. The standard InChI is InChI=1S/C17H17FN2O3/c1-10-4-3-5-15(11(10)2)20-16(21)9-23-17(22)13-7-6-12(18)8-14(13)19/h3-8H,9,19H2,1-2H3,(H,20,21). The van der Waals surface area contributed by atoms with E-state index in [-0.39, 0.29) is 11.3 Å². The number of nitrogens with one attached hydrogen (secondary N) is 1. The lowest BCUT2D eigenvalue weighted by Gasteiger charge is -2.11. The second-order valence-electron chi connectivity index (χ2n) is 5.10. The Morgan fingerprint density at radius 3 is 2.65 bits per heavy atom. The highest BCUT2D eigenvalue weighted by atomic mass is 19.1. The molecule has 120 valence electrons. The minimum Gasteiger partial charge on any atom is -0.452 e. The molecule has 0 aliphatic carbocycles. The van der Waals surface area contributed by atoms with E-state index >= 15 is 0 Å². The van der Waals surface area contributed by atoms with E-state index in [2.05, 4.69) is 5.32 Å². The van der Waals surface area contributed by atoms with Gasteiger partial charge in [-0.05, 0) is 49.2 Å². The molecule has 2 rings (SSSR count). The van der Waals surface area contributed by atoms with Gasteiger partial charge >= 0.3 is 5.97 Å². The second kappa shape index (κ2) is 6.91. The van der Waals surface area contributed by atoms with Crippen molar-refractivity contribution in [3.8, 4) is 0 Å². The van der Waals surface area contributed by atoms with Crippen molar-refractivity contribution < 1.29 is 18.7 Å². The molecule has 0 spiro atoms. The highest BCUT2D eigenvalue weighted by molar-refractivity contribution is 5.98. The van der Waals surface area contributed by atoms with Crippen LogP contribution in [0.1, 0.15) is 21.5 Å². The van der Waals surface area contributed by atoms with E-state index in [1.165, 1.54) is 6.07 Å². The minimum absolute atomic E-state index is 0.0194. The van der Waals surface area contributed by atoms with Crippen molar-refractivity contribution >= 4 is 23.3 Å². The van der Waals surface area contributed by atoms with Gasteiger partial charge in [0.05, 0.1) is 5.56 Å². The summed E-state index contributed by atoms with van der Waals surface area (Å²) in [7, 11) is 0. The third-order valence-electron chi connectivity index (χ3n) is 3.45. The number of amides is 1. The summed E-state index contributed by atoms with van der Waals surface area (Å²) in [4.78, 5) is 23.7. The van der Waals surface area contributed by atoms with Crippen molar-refractivity contribution in [2.24, 2.45) is 0 Å². The molecule has 23 heavy (non-hydrogen) atoms. The van der Waals surface area contributed by atoms with Crippen LogP contribution in [0.3, 0.4) is 0 Å². The number of nitrogen functional groups attached to an aromatic ring is 1. The quantitative estimate of drug-likeness (QED) is 0.671. The third kappa shape index (κ3) is 4.06. The minimum atomic E-state index is -0.779. The number of benzene rings is 2. The average molecular weight is 316 g/mol. The van der Waals surface area contributed by atoms with Crippen molar-refractivity contribution in [3.63, 3.8) is 0 Å². The first kappa shape index (κ1) is 16.5. The topological polar surface area (TPSA) is 81.4 Å². The maximum atomic E-state index is 12.9. The fourth-order valence-electron chi connectivity index (χ4n) is 2.00. The van der Waals surface area contributed by atoms with E-state index < -0.39 is 24.3 Å². The van der Waals surface area contributed by atoms with E-state index in [9.17, 15) is 14.0 Å². The number of rotatable bonds is 4. The van der Waals surface area contributed by atoms with Crippen molar-refractivity contribution in [3.05, 3.63) is 58.9 Å². The van der Waals surface area contributed by atoms with Crippen molar-refractivity contribution in [2.45, 2.75) is 13.8 Å². The van der Waals surface area contributed by atoms with Gasteiger partial charge in [-0.3, -0.25) is 4.79 Å². The number of anilines is 2. The number of hydrogen-bond acceptors (Lipinski definition) is 4. The summed E-state index contributed by atoms with van der Waals surface area (Å²) in [5, 5.41) is 2.67. The number of aryl methyl sites for hydroxylation is 1. The van der Waals surface area contributed by atoms with Crippen LogP contribution in [0.25, 0.3) is 0 Å². The number of esters is 1. The predicted molar refractivity (Wildman–Crippen MR) is 85.6 cm³/mol. The highest BCUT2D eigenvalue weighted by Gasteiger charge is 2.14. The Morgan fingerprint density at radius 1 is 1.22 bits per heavy atom. The third-order valence-corrected chi connectivity index (χ3v) is 3.45. The molecule has 0 aromatic heterocycles. The van der Waals surface area contributed by atoms with E-state index in [1.807, 2.05) is 26.0 Å². The average Bonchev–Trinajstić information content (AvgIpc) is 2.49. The van der Waals surface area contributed by atoms with Gasteiger partial charge in [0.25, 0.3) is 5.91 Å². The number of hydrogen-bond donors (Lipinski definition) is 2. The normalized spacial score (nSPS) is 10.2. The zero-order valence-corrected chi connectivity index (χ0v) is 12.9. The van der Waals surface area contributed by atoms with Crippen molar-refractivity contribution in [1.82, 2.24) is 0 Å². The molecule has 0 saturated carbocycles. The van der Waals surface area contributed by atoms with Crippen LogP contribution in [0.2, 0.25) is 0 Å². The summed E-state index contributed by atoms with van der Waals surface area (Å²) in [6, 6.07) is 8.86. The van der Waals surface area contributed by atoms with Crippen LogP contribution in [0.4, 0.5) is 15.8 Å². The molecule has 3 N–H and O–H groups in total. The molecule has 0 radical (unpaired) electrons. The van der Waals surface area contributed by atoms with Gasteiger partial charge in [0.1, 0.15) is 5.82 Å². The van der Waals surface area contributed by atoms with Crippen LogP contribution in [0.15, 0.2) is 36.4 Å². The first-order valence-electron chi connectivity index (χ1n) is 6.96. The van der Waals surface area contributed by atoms with Gasteiger partial charge in [-0.2, -0.15) is 0 Å². The van der Waals surface area contributed by atoms with Gasteiger partial charge in [0.2, 0.25) is 0 Å². The Balaban J connectivity index is 1.96. The molecule has 0 saturated heterocycles. The van der Waals surface area contributed by atoms with Gasteiger partial charge in [0.15, 0.2) is 6.61 Å². The van der Waals surface area contributed by atoms with Crippen LogP contribution in [0, 0.1) is 19.7 Å². The molecule has 0 unspecified atom stereocenters. The Bertz CT molecular complexity index is 759. The lowest BCUT2D eigenvalue weighted by Crippen LogP contribution is -2.22. The molecule has 0 aliphatic heterocycles. The van der Waals surface area contributed by atoms with Crippen LogP contribution in [-0.2, 0) is 9.53 Å². The zero-order valence-electron chi connectivity index (χ0n) is 12.9. The van der Waals surface area contributed by atoms with Crippen LogP contribution >= 0.6 is 0 Å². The summed E-state index contributed by atoms with van der Waals surface area (Å²) in [5.41, 5.74) is 8.17. The van der Waals surface area contributed by atoms with Gasteiger partial charge < -0.3 is 15.8 Å². The monoisotopic (exact) mass is 316 g/mol. The van der Waals surface area contributed by atoms with E-state index in [4.69, 9.17) is 10.5 Å². The van der Waals surface area contributed by atoms with Crippen LogP contribution in [-0.4, -0.2) is 18.5 Å². The van der Waals surface area contributed by atoms with Crippen LogP contribution < -0.4 is 11.1 Å². The molecular weight excluding hydrogens is 299 g/mol.